The summed E-state index contributed by atoms with van der Waals surface area (Å²) in [4.78, 5) is 29.5. The zero-order chi connectivity index (χ0) is 23.7. The number of aromatic nitrogens is 3. The highest BCUT2D eigenvalue weighted by molar-refractivity contribution is 5.95. The Morgan fingerprint density at radius 2 is 1.59 bits per heavy atom. The summed E-state index contributed by atoms with van der Waals surface area (Å²) in [5.74, 6) is 0.486. The molecule has 1 saturated heterocycles. The molecule has 1 atom stereocenters. The predicted molar refractivity (Wildman–Crippen MR) is 124 cm³/mol. The van der Waals surface area contributed by atoms with Gasteiger partial charge in [-0.3, -0.25) is 9.59 Å². The van der Waals surface area contributed by atoms with Gasteiger partial charge in [-0.25, -0.2) is 4.68 Å². The fourth-order valence-corrected chi connectivity index (χ4v) is 4.34. The number of hydrogen-bond donors (Lipinski definition) is 0. The summed E-state index contributed by atoms with van der Waals surface area (Å²) in [6.45, 7) is 4.66. The van der Waals surface area contributed by atoms with Crippen LogP contribution in [0.4, 0.5) is 0 Å². The summed E-state index contributed by atoms with van der Waals surface area (Å²) in [5.41, 5.74) is 3.91. The lowest BCUT2D eigenvalue weighted by atomic mass is 10.1. The van der Waals surface area contributed by atoms with Crippen LogP contribution in [-0.2, 0) is 17.9 Å². The lowest BCUT2D eigenvalue weighted by molar-refractivity contribution is -0.00203. The number of benzene rings is 2. The Morgan fingerprint density at radius 1 is 0.941 bits per heavy atom. The highest BCUT2D eigenvalue weighted by Gasteiger charge is 2.32. The molecule has 0 unspecified atom stereocenters. The van der Waals surface area contributed by atoms with E-state index in [1.165, 1.54) is 5.56 Å². The van der Waals surface area contributed by atoms with Crippen molar-refractivity contribution in [2.45, 2.75) is 26.2 Å². The molecule has 0 spiro atoms. The second-order valence-corrected chi connectivity index (χ2v) is 8.59. The van der Waals surface area contributed by atoms with E-state index in [0.717, 1.165) is 5.56 Å². The van der Waals surface area contributed by atoms with Crippen LogP contribution < -0.4 is 4.74 Å². The molecule has 0 radical (unpaired) electrons. The van der Waals surface area contributed by atoms with Gasteiger partial charge in [0.05, 0.1) is 26.0 Å². The molecule has 9 nitrogen and oxygen atoms in total. The minimum Gasteiger partial charge on any atom is -0.497 e. The van der Waals surface area contributed by atoms with Crippen LogP contribution in [0, 0.1) is 6.92 Å². The molecular formula is C25H27N5O4. The number of fused-ring (bicyclic) bond motifs is 1. The first-order chi connectivity index (χ1) is 16.5. The molecule has 34 heavy (non-hydrogen) atoms. The monoisotopic (exact) mass is 461 g/mol. The van der Waals surface area contributed by atoms with Crippen molar-refractivity contribution in [3.8, 4) is 5.75 Å². The largest absolute Gasteiger partial charge is 0.497 e. The lowest BCUT2D eigenvalue weighted by Gasteiger charge is -2.34. The number of ether oxygens (including phenoxy) is 2. The standard InChI is InChI=1S/C25H27N5O4/c1-17-3-5-18(6-4-17)22-15-30-21(16-34-22)23(26-27-30)25(32)29-13-11-28(12-14-29)24(31)19-7-9-20(33-2)10-8-19/h3-10,22H,11-16H2,1-2H3/t22-/m1/s1. The summed E-state index contributed by atoms with van der Waals surface area (Å²) in [6, 6.07) is 15.3. The highest BCUT2D eigenvalue weighted by Crippen LogP contribution is 2.27. The first-order valence-corrected chi connectivity index (χ1v) is 11.4. The summed E-state index contributed by atoms with van der Waals surface area (Å²) in [5, 5.41) is 8.41. The van der Waals surface area contributed by atoms with Crippen LogP contribution in [-0.4, -0.2) is 69.9 Å². The van der Waals surface area contributed by atoms with Crippen LogP contribution >= 0.6 is 0 Å². The molecule has 2 amide bonds. The van der Waals surface area contributed by atoms with Crippen LogP contribution in [0.5, 0.6) is 5.75 Å². The number of aryl methyl sites for hydroxylation is 1. The van der Waals surface area contributed by atoms with Crippen molar-refractivity contribution >= 4 is 11.8 Å². The van der Waals surface area contributed by atoms with E-state index in [2.05, 4.69) is 34.6 Å². The Morgan fingerprint density at radius 3 is 2.24 bits per heavy atom. The number of amides is 2. The molecule has 2 aliphatic rings. The zero-order valence-corrected chi connectivity index (χ0v) is 19.3. The molecule has 1 fully saturated rings. The summed E-state index contributed by atoms with van der Waals surface area (Å²) in [7, 11) is 1.59. The number of nitrogens with zero attached hydrogens (tertiary/aromatic N) is 5. The smallest absolute Gasteiger partial charge is 0.276 e. The van der Waals surface area contributed by atoms with Gasteiger partial charge in [-0.2, -0.15) is 0 Å². The van der Waals surface area contributed by atoms with E-state index in [9.17, 15) is 9.59 Å². The van der Waals surface area contributed by atoms with Gasteiger partial charge in [-0.1, -0.05) is 35.0 Å². The van der Waals surface area contributed by atoms with Gasteiger partial charge in [0.25, 0.3) is 11.8 Å². The number of carbonyl (C=O) groups excluding carboxylic acids is 2. The predicted octanol–water partition coefficient (Wildman–Crippen LogP) is 2.46. The van der Waals surface area contributed by atoms with Crippen LogP contribution in [0.2, 0.25) is 0 Å². The van der Waals surface area contributed by atoms with Crippen molar-refractivity contribution in [2.24, 2.45) is 0 Å². The lowest BCUT2D eigenvalue weighted by Crippen LogP contribution is -2.50. The number of rotatable bonds is 4. The first-order valence-electron chi connectivity index (χ1n) is 11.4. The van der Waals surface area contributed by atoms with E-state index in [4.69, 9.17) is 9.47 Å². The molecule has 0 N–H and O–H groups in total. The maximum absolute atomic E-state index is 13.2. The third-order valence-corrected chi connectivity index (χ3v) is 6.44. The summed E-state index contributed by atoms with van der Waals surface area (Å²) < 4.78 is 13.0. The summed E-state index contributed by atoms with van der Waals surface area (Å²) in [6.07, 6.45) is -0.120. The molecule has 176 valence electrons. The van der Waals surface area contributed by atoms with E-state index >= 15 is 0 Å². The molecule has 3 aromatic rings. The average Bonchev–Trinajstić information content (AvgIpc) is 3.32. The number of carbonyl (C=O) groups is 2. The molecule has 5 rings (SSSR count). The average molecular weight is 462 g/mol. The molecule has 1 aromatic heterocycles. The maximum atomic E-state index is 13.2. The number of piperazine rings is 1. The highest BCUT2D eigenvalue weighted by atomic mass is 16.5. The molecule has 9 heteroatoms. The Kier molecular flexibility index (Phi) is 6.02. The maximum Gasteiger partial charge on any atom is 0.276 e. The van der Waals surface area contributed by atoms with E-state index in [0.29, 0.717) is 55.4 Å². The minimum absolute atomic E-state index is 0.0497. The quantitative estimate of drug-likeness (QED) is 0.593. The van der Waals surface area contributed by atoms with E-state index in [1.807, 2.05) is 6.92 Å². The van der Waals surface area contributed by atoms with E-state index in [1.54, 1.807) is 45.9 Å². The van der Waals surface area contributed by atoms with Crippen LogP contribution in [0.3, 0.4) is 0 Å². The van der Waals surface area contributed by atoms with Crippen molar-refractivity contribution in [2.75, 3.05) is 33.3 Å². The first kappa shape index (κ1) is 22.1. The van der Waals surface area contributed by atoms with Gasteiger partial charge in [0.1, 0.15) is 11.9 Å². The Bertz CT molecular complexity index is 1180. The van der Waals surface area contributed by atoms with Crippen LogP contribution in [0.25, 0.3) is 0 Å². The van der Waals surface area contributed by atoms with Crippen molar-refractivity contribution in [1.29, 1.82) is 0 Å². The van der Waals surface area contributed by atoms with Gasteiger partial charge in [-0.15, -0.1) is 5.10 Å². The SMILES string of the molecule is COc1ccc(C(=O)N2CCN(C(=O)c3nnn4c3CO[C@@H](c3ccc(C)cc3)C4)CC2)cc1. The van der Waals surface area contributed by atoms with Gasteiger partial charge in [0.2, 0.25) is 0 Å². The topological polar surface area (TPSA) is 89.8 Å². The Hall–Kier alpha value is -3.72. The van der Waals surface area contributed by atoms with Gasteiger partial charge < -0.3 is 19.3 Å². The van der Waals surface area contributed by atoms with Crippen molar-refractivity contribution in [1.82, 2.24) is 24.8 Å². The molecule has 0 saturated carbocycles. The summed E-state index contributed by atoms with van der Waals surface area (Å²) >= 11 is 0. The number of methoxy groups -OCH3 is 1. The second-order valence-electron chi connectivity index (χ2n) is 8.59. The zero-order valence-electron chi connectivity index (χ0n) is 19.3. The number of hydrogen-bond acceptors (Lipinski definition) is 6. The van der Waals surface area contributed by atoms with Gasteiger partial charge in [0, 0.05) is 31.7 Å². The van der Waals surface area contributed by atoms with Crippen LogP contribution in [0.1, 0.15) is 43.8 Å². The minimum atomic E-state index is -0.171. The van der Waals surface area contributed by atoms with Crippen molar-refractivity contribution in [3.05, 3.63) is 76.6 Å². The van der Waals surface area contributed by atoms with Crippen molar-refractivity contribution < 1.29 is 19.1 Å². The molecule has 2 aliphatic heterocycles. The normalized spacial score (nSPS) is 17.9. The third-order valence-electron chi connectivity index (χ3n) is 6.44. The molecule has 3 heterocycles. The molecule has 0 bridgehead atoms. The second kappa shape index (κ2) is 9.26. The molecule has 2 aromatic carbocycles. The van der Waals surface area contributed by atoms with Crippen LogP contribution in [0.15, 0.2) is 48.5 Å². The van der Waals surface area contributed by atoms with E-state index < -0.39 is 0 Å². The third kappa shape index (κ3) is 4.26. The molecular weight excluding hydrogens is 434 g/mol. The van der Waals surface area contributed by atoms with Gasteiger partial charge in [-0.05, 0) is 36.8 Å². The fourth-order valence-electron chi connectivity index (χ4n) is 4.34. The van der Waals surface area contributed by atoms with Gasteiger partial charge >= 0.3 is 0 Å². The van der Waals surface area contributed by atoms with E-state index in [-0.39, 0.29) is 24.5 Å². The Labute approximate surface area is 197 Å². The van der Waals surface area contributed by atoms with Gasteiger partial charge in [0.15, 0.2) is 5.69 Å². The van der Waals surface area contributed by atoms with Crippen molar-refractivity contribution in [3.63, 3.8) is 0 Å². The Balaban J connectivity index is 1.21. The molecule has 0 aliphatic carbocycles. The fraction of sp³-hybridized carbons (Fsp3) is 0.360.